The number of hydrogen-bond acceptors (Lipinski definition) is 3. The summed E-state index contributed by atoms with van der Waals surface area (Å²) in [6, 6.07) is 7.15. The third-order valence-electron chi connectivity index (χ3n) is 2.41. The topological polar surface area (TPSA) is 55.1 Å². The van der Waals surface area contributed by atoms with Crippen molar-refractivity contribution >= 4 is 54.8 Å². The molecule has 0 aliphatic carbocycles. The number of rotatable bonds is 4. The molecule has 2 rings (SSSR count). The van der Waals surface area contributed by atoms with Crippen LogP contribution in [0.25, 0.3) is 0 Å². The summed E-state index contributed by atoms with van der Waals surface area (Å²) in [6.45, 7) is 0. The van der Waals surface area contributed by atoms with Crippen molar-refractivity contribution in [1.29, 1.82) is 0 Å². The summed E-state index contributed by atoms with van der Waals surface area (Å²) in [5.41, 5.74) is 5.62. The molecule has 1 amide bonds. The quantitative estimate of drug-likeness (QED) is 0.803. The van der Waals surface area contributed by atoms with Crippen molar-refractivity contribution in [3.8, 4) is 0 Å². The van der Waals surface area contributed by atoms with Crippen molar-refractivity contribution in [2.75, 3.05) is 5.32 Å². The van der Waals surface area contributed by atoms with Crippen LogP contribution in [0.2, 0.25) is 0 Å². The fourth-order valence-electron chi connectivity index (χ4n) is 1.52. The van der Waals surface area contributed by atoms with E-state index in [2.05, 4.69) is 37.2 Å². The van der Waals surface area contributed by atoms with Gasteiger partial charge in [-0.25, -0.2) is 4.39 Å². The number of primary amides is 1. The van der Waals surface area contributed by atoms with Crippen LogP contribution in [0.4, 0.5) is 10.1 Å². The first kappa shape index (κ1) is 14.5. The molecule has 1 aromatic heterocycles. The number of halogens is 3. The Kier molecular flexibility index (Phi) is 4.59. The Hall–Kier alpha value is -0.920. The Balaban J connectivity index is 2.32. The van der Waals surface area contributed by atoms with Gasteiger partial charge in [-0.15, -0.1) is 11.3 Å². The Bertz CT molecular complexity index is 598. The Morgan fingerprint density at radius 1 is 1.37 bits per heavy atom. The molecule has 0 spiro atoms. The zero-order valence-corrected chi connectivity index (χ0v) is 13.5. The number of benzene rings is 1. The van der Waals surface area contributed by atoms with E-state index in [1.54, 1.807) is 24.3 Å². The van der Waals surface area contributed by atoms with E-state index in [0.29, 0.717) is 4.88 Å². The molecule has 0 saturated carbocycles. The Morgan fingerprint density at radius 3 is 2.58 bits per heavy atom. The minimum atomic E-state index is -0.774. The average Bonchev–Trinajstić information content (AvgIpc) is 2.68. The molecule has 7 heteroatoms. The first-order valence-corrected chi connectivity index (χ1v) is 7.64. The second-order valence-electron chi connectivity index (χ2n) is 3.73. The lowest BCUT2D eigenvalue weighted by Gasteiger charge is -2.15. The predicted octanol–water partition coefficient (Wildman–Crippen LogP) is 4.05. The van der Waals surface area contributed by atoms with E-state index in [0.717, 1.165) is 8.26 Å². The molecule has 1 aromatic carbocycles. The van der Waals surface area contributed by atoms with Gasteiger partial charge in [-0.2, -0.15) is 0 Å². The summed E-state index contributed by atoms with van der Waals surface area (Å²) < 4.78 is 15.3. The van der Waals surface area contributed by atoms with Crippen molar-refractivity contribution in [2.24, 2.45) is 5.73 Å². The minimum Gasteiger partial charge on any atom is -0.368 e. The number of para-hydroxylation sites is 1. The van der Waals surface area contributed by atoms with Crippen LogP contribution in [0.15, 0.2) is 38.6 Å². The number of carbonyl (C=O) groups is 1. The van der Waals surface area contributed by atoms with E-state index in [4.69, 9.17) is 5.73 Å². The number of anilines is 1. The van der Waals surface area contributed by atoms with Gasteiger partial charge in [-0.05, 0) is 50.1 Å². The van der Waals surface area contributed by atoms with Gasteiger partial charge in [-0.3, -0.25) is 4.79 Å². The maximum Gasteiger partial charge on any atom is 0.245 e. The Labute approximate surface area is 130 Å². The van der Waals surface area contributed by atoms with E-state index < -0.39 is 17.8 Å². The third kappa shape index (κ3) is 3.34. The molecule has 0 fully saturated rings. The lowest BCUT2D eigenvalue weighted by molar-refractivity contribution is -0.118. The van der Waals surface area contributed by atoms with Gasteiger partial charge in [0.05, 0.1) is 9.47 Å². The summed E-state index contributed by atoms with van der Waals surface area (Å²) >= 11 is 8.05. The number of hydrogen-bond donors (Lipinski definition) is 2. The number of amides is 1. The van der Waals surface area contributed by atoms with Crippen LogP contribution in [0.3, 0.4) is 0 Å². The van der Waals surface area contributed by atoms with Gasteiger partial charge in [0.1, 0.15) is 11.9 Å². The maximum absolute atomic E-state index is 13.6. The smallest absolute Gasteiger partial charge is 0.245 e. The normalized spacial score (nSPS) is 12.2. The maximum atomic E-state index is 13.6. The zero-order valence-electron chi connectivity index (χ0n) is 9.49. The van der Waals surface area contributed by atoms with Gasteiger partial charge < -0.3 is 11.1 Å². The van der Waals surface area contributed by atoms with Crippen molar-refractivity contribution < 1.29 is 9.18 Å². The standard InChI is InChI=1S/C12H9Br2FN2OS/c13-6-5-9(19-11(6)14)10(12(16)18)17-8-4-2-1-3-7(8)15/h1-5,10,17H,(H2,16,18). The molecule has 0 bridgehead atoms. The first-order chi connectivity index (χ1) is 8.99. The molecule has 0 aliphatic rings. The zero-order chi connectivity index (χ0) is 14.0. The molecule has 0 saturated heterocycles. The van der Waals surface area contributed by atoms with Gasteiger partial charge in [0.25, 0.3) is 0 Å². The minimum absolute atomic E-state index is 0.243. The molecular formula is C12H9Br2FN2OS. The fraction of sp³-hybridized carbons (Fsp3) is 0.0833. The lowest BCUT2D eigenvalue weighted by Crippen LogP contribution is -2.27. The van der Waals surface area contributed by atoms with Crippen molar-refractivity contribution in [1.82, 2.24) is 0 Å². The Morgan fingerprint density at radius 2 is 2.05 bits per heavy atom. The molecule has 1 atom stereocenters. The molecule has 100 valence electrons. The number of thiophene rings is 1. The van der Waals surface area contributed by atoms with E-state index in [9.17, 15) is 9.18 Å². The van der Waals surface area contributed by atoms with Gasteiger partial charge in [-0.1, -0.05) is 12.1 Å². The van der Waals surface area contributed by atoms with Crippen LogP contribution in [0.1, 0.15) is 10.9 Å². The molecule has 1 heterocycles. The van der Waals surface area contributed by atoms with Gasteiger partial charge in [0.2, 0.25) is 5.91 Å². The summed E-state index contributed by atoms with van der Waals surface area (Å²) in [6.07, 6.45) is 0. The van der Waals surface area contributed by atoms with E-state index in [1.165, 1.54) is 17.4 Å². The van der Waals surface area contributed by atoms with Gasteiger partial charge >= 0.3 is 0 Å². The number of nitrogens with two attached hydrogens (primary N) is 1. The predicted molar refractivity (Wildman–Crippen MR) is 81.7 cm³/mol. The molecule has 0 radical (unpaired) electrons. The average molecular weight is 408 g/mol. The molecule has 2 aromatic rings. The highest BCUT2D eigenvalue weighted by atomic mass is 79.9. The molecule has 19 heavy (non-hydrogen) atoms. The lowest BCUT2D eigenvalue weighted by atomic mass is 10.2. The van der Waals surface area contributed by atoms with E-state index in [1.807, 2.05) is 0 Å². The summed E-state index contributed by atoms with van der Waals surface area (Å²) in [5, 5.41) is 2.82. The van der Waals surface area contributed by atoms with Crippen LogP contribution in [0, 0.1) is 5.82 Å². The summed E-state index contributed by atoms with van der Waals surface area (Å²) in [4.78, 5) is 12.3. The van der Waals surface area contributed by atoms with Crippen LogP contribution < -0.4 is 11.1 Å². The molecule has 3 nitrogen and oxygen atoms in total. The SMILES string of the molecule is NC(=O)C(Nc1ccccc1F)c1cc(Br)c(Br)s1. The van der Waals surface area contributed by atoms with Crippen molar-refractivity contribution in [3.63, 3.8) is 0 Å². The van der Waals surface area contributed by atoms with Crippen LogP contribution >= 0.6 is 43.2 Å². The largest absolute Gasteiger partial charge is 0.368 e. The summed E-state index contributed by atoms with van der Waals surface area (Å²) in [7, 11) is 0. The fourth-order valence-corrected chi connectivity index (χ4v) is 3.67. The van der Waals surface area contributed by atoms with Crippen LogP contribution in [-0.2, 0) is 4.79 Å². The second kappa shape index (κ2) is 6.02. The second-order valence-corrected chi connectivity index (χ2v) is 6.99. The van der Waals surface area contributed by atoms with Crippen molar-refractivity contribution in [2.45, 2.75) is 6.04 Å². The van der Waals surface area contributed by atoms with Crippen molar-refractivity contribution in [3.05, 3.63) is 49.3 Å². The summed E-state index contributed by atoms with van der Waals surface area (Å²) in [5.74, 6) is -0.993. The number of nitrogens with one attached hydrogen (secondary N) is 1. The molecule has 3 N–H and O–H groups in total. The first-order valence-electron chi connectivity index (χ1n) is 5.24. The van der Waals surface area contributed by atoms with E-state index in [-0.39, 0.29) is 5.69 Å². The van der Waals surface area contributed by atoms with Gasteiger partial charge in [0, 0.05) is 9.35 Å². The molecular weight excluding hydrogens is 399 g/mol. The van der Waals surface area contributed by atoms with Crippen LogP contribution in [0.5, 0.6) is 0 Å². The highest BCUT2D eigenvalue weighted by Crippen LogP contribution is 2.36. The molecule has 0 aliphatic heterocycles. The van der Waals surface area contributed by atoms with E-state index >= 15 is 0 Å². The highest BCUT2D eigenvalue weighted by molar-refractivity contribution is 9.13. The monoisotopic (exact) mass is 406 g/mol. The highest BCUT2D eigenvalue weighted by Gasteiger charge is 2.22. The molecule has 1 unspecified atom stereocenters. The third-order valence-corrected chi connectivity index (χ3v) is 5.73. The number of carbonyl (C=O) groups excluding carboxylic acids is 1. The van der Waals surface area contributed by atoms with Crippen LogP contribution in [-0.4, -0.2) is 5.91 Å². The van der Waals surface area contributed by atoms with Gasteiger partial charge in [0.15, 0.2) is 0 Å².